The maximum absolute atomic E-state index is 13.8. The average molecular weight is 892 g/mol. The number of aliphatic hydroxyl groups is 8. The topological polar surface area (TPSA) is 326 Å². The van der Waals surface area contributed by atoms with Crippen molar-refractivity contribution < 1.29 is 70.2 Å². The van der Waals surface area contributed by atoms with Crippen LogP contribution in [0.3, 0.4) is 0 Å². The van der Waals surface area contributed by atoms with Crippen molar-refractivity contribution in [2.75, 3.05) is 14.1 Å². The number of rotatable bonds is 6. The van der Waals surface area contributed by atoms with Gasteiger partial charge in [-0.1, -0.05) is 23.7 Å². The number of hydrogen-bond donors (Lipinski definition) is 12. The predicted octanol–water partition coefficient (Wildman–Crippen LogP) is 1.46. The van der Waals surface area contributed by atoms with E-state index in [4.69, 9.17) is 11.5 Å². The van der Waals surface area contributed by atoms with Gasteiger partial charge in [0.1, 0.15) is 52.3 Å². The summed E-state index contributed by atoms with van der Waals surface area (Å²) in [4.78, 5) is 52.2. The Bertz CT molecular complexity index is 2760. The summed E-state index contributed by atoms with van der Waals surface area (Å²) in [6, 6.07) is 4.88. The lowest BCUT2D eigenvalue weighted by molar-refractivity contribution is -0.147. The van der Waals surface area contributed by atoms with Crippen molar-refractivity contribution in [1.82, 2.24) is 4.90 Å². The molecule has 2 unspecified atom stereocenters. The van der Waals surface area contributed by atoms with Crippen LogP contribution in [0.15, 0.2) is 63.8 Å². The van der Waals surface area contributed by atoms with E-state index < -0.39 is 117 Å². The minimum atomic E-state index is -2.65. The molecule has 0 bridgehead atoms. The Balaban J connectivity index is 0.971. The van der Waals surface area contributed by atoms with E-state index in [0.29, 0.717) is 47.9 Å². The van der Waals surface area contributed by atoms with Gasteiger partial charge in [-0.05, 0) is 99.8 Å². The van der Waals surface area contributed by atoms with Crippen LogP contribution in [0.2, 0.25) is 0 Å². The molecule has 17 heteroatoms. The number of primary amides is 2. The Morgan fingerprint density at radius 2 is 1.38 bits per heavy atom. The zero-order chi connectivity index (χ0) is 47.2. The van der Waals surface area contributed by atoms with E-state index in [9.17, 15) is 70.2 Å². The number of aliphatic hydroxyl groups excluding tert-OH is 6. The van der Waals surface area contributed by atoms with E-state index >= 15 is 0 Å². The van der Waals surface area contributed by atoms with Crippen molar-refractivity contribution in [1.29, 1.82) is 0 Å². The smallest absolute Gasteiger partial charge is 0.255 e. The average Bonchev–Trinajstić information content (AvgIpc) is 3.22. The number of aromatic hydroxyl groups is 2. The molecule has 2 aromatic carbocycles. The van der Waals surface area contributed by atoms with Gasteiger partial charge in [-0.3, -0.25) is 24.1 Å². The molecule has 8 rings (SSSR count). The second-order valence-corrected chi connectivity index (χ2v) is 18.0. The van der Waals surface area contributed by atoms with Gasteiger partial charge in [0.15, 0.2) is 17.0 Å². The van der Waals surface area contributed by atoms with Crippen LogP contribution in [0.5, 0.6) is 11.5 Å². The van der Waals surface area contributed by atoms with Crippen molar-refractivity contribution in [2.45, 2.75) is 87.2 Å². The van der Waals surface area contributed by atoms with E-state index in [-0.39, 0.29) is 59.5 Å². The minimum Gasteiger partial charge on any atom is -0.510 e. The van der Waals surface area contributed by atoms with Gasteiger partial charge in [0.2, 0.25) is 5.78 Å². The molecule has 0 saturated heterocycles. The molecule has 6 aliphatic rings. The van der Waals surface area contributed by atoms with Gasteiger partial charge >= 0.3 is 0 Å². The van der Waals surface area contributed by atoms with Crippen LogP contribution in [0.1, 0.15) is 84.4 Å². The van der Waals surface area contributed by atoms with E-state index in [0.717, 1.165) is 0 Å². The van der Waals surface area contributed by atoms with Crippen LogP contribution in [-0.2, 0) is 32.0 Å². The predicted molar refractivity (Wildman–Crippen MR) is 229 cm³/mol. The van der Waals surface area contributed by atoms with Crippen molar-refractivity contribution in [2.24, 2.45) is 35.1 Å². The quantitative estimate of drug-likeness (QED) is 0.111. The third-order valence-electron chi connectivity index (χ3n) is 14.2. The van der Waals surface area contributed by atoms with Gasteiger partial charge in [-0.2, -0.15) is 0 Å². The van der Waals surface area contributed by atoms with Gasteiger partial charge < -0.3 is 62.5 Å². The minimum absolute atomic E-state index is 0.00113. The summed E-state index contributed by atoms with van der Waals surface area (Å²) in [5.74, 6) is 1.08. The number of carbonyl (C=O) groups excluding carboxylic acids is 4. The molecule has 1 saturated carbocycles. The number of phenols is 2. The van der Waals surface area contributed by atoms with Crippen LogP contribution < -0.4 is 11.5 Å². The molecule has 17 nitrogen and oxygen atoms in total. The fraction of sp³-hybridized carbons (Fsp3) is 0.417. The van der Waals surface area contributed by atoms with E-state index in [1.807, 2.05) is 0 Å². The molecule has 0 spiro atoms. The first-order valence-electron chi connectivity index (χ1n) is 21.2. The van der Waals surface area contributed by atoms with Gasteiger partial charge in [0, 0.05) is 58.9 Å². The number of hydrogen-bond acceptors (Lipinski definition) is 15. The fourth-order valence-corrected chi connectivity index (χ4v) is 11.2. The van der Waals surface area contributed by atoms with Crippen molar-refractivity contribution in [3.8, 4) is 35.2 Å². The lowest BCUT2D eigenvalue weighted by Crippen LogP contribution is -2.65. The van der Waals surface area contributed by atoms with Crippen LogP contribution in [0.25, 0.3) is 5.76 Å². The number of unbranched alkanes of at least 4 members (excludes halogenated alkanes) is 3. The number of fused-ring (bicyclic) bond motifs is 6. The zero-order valence-corrected chi connectivity index (χ0v) is 35.4. The zero-order valence-electron chi connectivity index (χ0n) is 35.4. The third kappa shape index (κ3) is 6.68. The maximum Gasteiger partial charge on any atom is 0.255 e. The van der Waals surface area contributed by atoms with E-state index in [1.54, 1.807) is 31.1 Å². The highest BCUT2D eigenvalue weighted by Gasteiger charge is 2.63. The van der Waals surface area contributed by atoms with Gasteiger partial charge in [0.05, 0.1) is 17.2 Å². The number of benzene rings is 2. The molecule has 1 fully saturated rings. The Kier molecular flexibility index (Phi) is 11.2. The van der Waals surface area contributed by atoms with Crippen molar-refractivity contribution >= 4 is 29.1 Å². The molecule has 340 valence electrons. The molecule has 0 aromatic heterocycles. The number of ketones is 2. The number of phenolic OH excluding ortho intramolecular Hbond substituents is 2. The number of Topliss-reactive ketones (excluding diaryl/α,β-unsaturated/α-hetero) is 2. The molecule has 2 amide bonds. The van der Waals surface area contributed by atoms with Gasteiger partial charge in [0.25, 0.3) is 11.8 Å². The van der Waals surface area contributed by atoms with E-state index in [1.165, 1.54) is 12.1 Å². The Morgan fingerprint density at radius 3 is 1.98 bits per heavy atom. The van der Waals surface area contributed by atoms with Crippen LogP contribution in [-0.4, -0.2) is 117 Å². The summed E-state index contributed by atoms with van der Waals surface area (Å²) in [5.41, 5.74) is 5.90. The Labute approximate surface area is 372 Å². The lowest BCUT2D eigenvalue weighted by Gasteiger charge is -2.54. The number of nitrogens with two attached hydrogens (primary N) is 2. The standard InChI is InChI=1S/C48H49N3O14/c1-51(2)37-27-18-23-17-26-21(12-14-29(53)34(26)39(56)32(23)42(59)48(27,65)44(61)36(40(37)57)46(50)63)10-8-6-4-3-5-7-9-20-11-13-28(52)33-25(20)16-22-15-24-19-30(54)35(45(49)62)43(60)47(24,64)41(58)31(22)38(33)55/h11-14,22-24,27,37,39,44,52-53,55-57,59-61,64-65H,3-6,15-19H2,1-2H3,(H2,49,62)(H2,50,63)/t22-,23+,24+,27+,37+,39?,44?,47+,48+/m1/s1. The number of nitrogens with zero attached hydrogens (tertiary/aromatic N) is 1. The molecule has 0 heterocycles. The fourth-order valence-electron chi connectivity index (χ4n) is 11.2. The molecule has 14 N–H and O–H groups in total. The highest BCUT2D eigenvalue weighted by atomic mass is 16.4. The molecule has 0 radical (unpaired) electrons. The second kappa shape index (κ2) is 16.1. The molecule has 2 aromatic rings. The molecular formula is C48H49N3O14. The first-order chi connectivity index (χ1) is 30.7. The third-order valence-corrected chi connectivity index (χ3v) is 14.2. The molecular weight excluding hydrogens is 843 g/mol. The summed E-state index contributed by atoms with van der Waals surface area (Å²) in [5, 5.41) is 113. The van der Waals surface area contributed by atoms with Crippen molar-refractivity contribution in [3.05, 3.63) is 97.2 Å². The highest BCUT2D eigenvalue weighted by molar-refractivity contribution is 6.22. The first kappa shape index (κ1) is 45.0. The number of carbonyl (C=O) groups is 4. The largest absolute Gasteiger partial charge is 0.510 e. The highest BCUT2D eigenvalue weighted by Crippen LogP contribution is 2.57. The summed E-state index contributed by atoms with van der Waals surface area (Å²) < 4.78 is 0. The molecule has 65 heavy (non-hydrogen) atoms. The SMILES string of the molecule is CN(C)[C@@H]1C(O)=C(C(N)=O)C(O)[C@@]2(O)C(O)=C3C(O)c4c(O)ccc(C#CCCCCC#Cc5ccc(O)c6c5C[C@H]5C[C@H]7CC(=O)C(C(N)=O)=C(O)[C@@]7(O)C(=O)C5=C6O)c4C[C@H]3C[C@@H]12. The summed E-state index contributed by atoms with van der Waals surface area (Å²) in [6.45, 7) is 0. The lowest BCUT2D eigenvalue weighted by atomic mass is 9.57. The number of amides is 2. The van der Waals surface area contributed by atoms with Gasteiger partial charge in [-0.15, -0.1) is 0 Å². The summed E-state index contributed by atoms with van der Waals surface area (Å²) in [6.07, 6.45) is -1.58. The first-order valence-corrected chi connectivity index (χ1v) is 21.2. The van der Waals surface area contributed by atoms with E-state index in [2.05, 4.69) is 23.7 Å². The van der Waals surface area contributed by atoms with Crippen molar-refractivity contribution in [3.63, 3.8) is 0 Å². The second-order valence-electron chi connectivity index (χ2n) is 18.0. The van der Waals surface area contributed by atoms with Gasteiger partial charge in [-0.25, -0.2) is 0 Å². The summed E-state index contributed by atoms with van der Waals surface area (Å²) in [7, 11) is 3.20. The normalized spacial score (nSPS) is 30.2. The monoisotopic (exact) mass is 891 g/mol. The van der Waals surface area contributed by atoms with Crippen LogP contribution >= 0.6 is 0 Å². The number of likely N-dealkylation sites (N-methyl/N-ethyl adjacent to an activating group) is 1. The summed E-state index contributed by atoms with van der Waals surface area (Å²) >= 11 is 0. The molecule has 0 aliphatic heterocycles. The van der Waals surface area contributed by atoms with Crippen LogP contribution in [0, 0.1) is 47.4 Å². The molecule has 9 atom stereocenters. The Morgan fingerprint density at radius 1 is 0.785 bits per heavy atom. The molecule has 6 aliphatic carbocycles. The Hall–Kier alpha value is -6.60. The maximum atomic E-state index is 13.8. The van der Waals surface area contributed by atoms with Crippen LogP contribution in [0.4, 0.5) is 0 Å².